The van der Waals surface area contributed by atoms with E-state index in [-0.39, 0.29) is 0 Å². The fourth-order valence-corrected chi connectivity index (χ4v) is 2.38. The predicted molar refractivity (Wildman–Crippen MR) is 74.1 cm³/mol. The van der Waals surface area contributed by atoms with E-state index in [1.807, 2.05) is 0 Å². The van der Waals surface area contributed by atoms with Gasteiger partial charge in [-0.2, -0.15) is 10.1 Å². The average Bonchev–Trinajstić information content (AvgIpc) is 2.69. The zero-order chi connectivity index (χ0) is 12.8. The molecule has 1 aromatic heterocycles. The van der Waals surface area contributed by atoms with Crippen molar-refractivity contribution in [2.45, 2.75) is 39.5 Å². The van der Waals surface area contributed by atoms with Crippen LogP contribution in [0.3, 0.4) is 0 Å². The second-order valence-corrected chi connectivity index (χ2v) is 4.69. The van der Waals surface area contributed by atoms with E-state index in [0.29, 0.717) is 0 Å². The summed E-state index contributed by atoms with van der Waals surface area (Å²) in [7, 11) is 0. The van der Waals surface area contributed by atoms with Crippen molar-refractivity contribution in [2.24, 2.45) is 0 Å². The fourth-order valence-electron chi connectivity index (χ4n) is 2.38. The van der Waals surface area contributed by atoms with Crippen molar-refractivity contribution in [3.63, 3.8) is 0 Å². The highest BCUT2D eigenvalue weighted by molar-refractivity contribution is 5.41. The molecule has 0 bridgehead atoms. The maximum Gasteiger partial charge on any atom is 0.247 e. The minimum atomic E-state index is 0.752. The second-order valence-electron chi connectivity index (χ2n) is 4.69. The molecule has 18 heavy (non-hydrogen) atoms. The third-order valence-electron chi connectivity index (χ3n) is 3.51. The number of hydrogen-bond acceptors (Lipinski definition) is 5. The highest BCUT2D eigenvalue weighted by Crippen LogP contribution is 2.18. The van der Waals surface area contributed by atoms with Crippen molar-refractivity contribution < 1.29 is 0 Å². The first-order chi connectivity index (χ1) is 8.85. The van der Waals surface area contributed by atoms with E-state index in [1.165, 1.54) is 25.7 Å². The summed E-state index contributed by atoms with van der Waals surface area (Å²) in [4.78, 5) is 9.13. The minimum Gasteiger partial charge on any atom is -0.355 e. The molecule has 0 N–H and O–H groups in total. The van der Waals surface area contributed by atoms with Crippen LogP contribution in [0.4, 0.5) is 11.8 Å². The molecule has 0 amide bonds. The van der Waals surface area contributed by atoms with Gasteiger partial charge in [0, 0.05) is 26.2 Å². The molecule has 0 atom stereocenters. The highest BCUT2D eigenvalue weighted by Gasteiger charge is 2.14. The Hall–Kier alpha value is -1.39. The van der Waals surface area contributed by atoms with E-state index in [9.17, 15) is 0 Å². The molecule has 100 valence electrons. The minimum absolute atomic E-state index is 0.752. The zero-order valence-corrected chi connectivity index (χ0v) is 11.5. The van der Waals surface area contributed by atoms with Crippen molar-refractivity contribution in [2.75, 3.05) is 36.0 Å². The van der Waals surface area contributed by atoms with Crippen molar-refractivity contribution in [1.29, 1.82) is 0 Å². The Morgan fingerprint density at radius 1 is 1.11 bits per heavy atom. The quantitative estimate of drug-likeness (QED) is 0.817. The van der Waals surface area contributed by atoms with Crippen LogP contribution in [0.2, 0.25) is 0 Å². The van der Waals surface area contributed by atoms with E-state index in [4.69, 9.17) is 0 Å². The fraction of sp³-hybridized carbons (Fsp3) is 0.769. The van der Waals surface area contributed by atoms with Crippen molar-refractivity contribution in [3.8, 4) is 0 Å². The van der Waals surface area contributed by atoms with Crippen LogP contribution in [0.5, 0.6) is 0 Å². The molecule has 0 spiro atoms. The Balaban J connectivity index is 2.14. The summed E-state index contributed by atoms with van der Waals surface area (Å²) in [6.07, 6.45) is 6.96. The van der Waals surface area contributed by atoms with Gasteiger partial charge in [-0.15, -0.1) is 5.10 Å². The maximum absolute atomic E-state index is 4.66. The molecular formula is C13H23N5. The SMILES string of the molecule is CCN(CC)c1nncc(N2CCCCCC2)n1. The van der Waals surface area contributed by atoms with Gasteiger partial charge in [-0.3, -0.25) is 0 Å². The molecule has 1 aliphatic heterocycles. The summed E-state index contributed by atoms with van der Waals surface area (Å²) in [5, 5.41) is 8.25. The van der Waals surface area contributed by atoms with Gasteiger partial charge in [0.15, 0.2) is 5.82 Å². The van der Waals surface area contributed by atoms with Crippen molar-refractivity contribution in [3.05, 3.63) is 6.20 Å². The second kappa shape index (κ2) is 6.52. The van der Waals surface area contributed by atoms with Crippen LogP contribution in [0, 0.1) is 0 Å². The molecule has 0 aromatic carbocycles. The van der Waals surface area contributed by atoms with E-state index < -0.39 is 0 Å². The first kappa shape index (κ1) is 13.1. The largest absolute Gasteiger partial charge is 0.355 e. The van der Waals surface area contributed by atoms with Gasteiger partial charge in [-0.25, -0.2) is 0 Å². The topological polar surface area (TPSA) is 45.2 Å². The van der Waals surface area contributed by atoms with Crippen molar-refractivity contribution in [1.82, 2.24) is 15.2 Å². The molecule has 1 saturated heterocycles. The molecule has 0 unspecified atom stereocenters. The lowest BCUT2D eigenvalue weighted by molar-refractivity contribution is 0.726. The lowest BCUT2D eigenvalue weighted by Crippen LogP contribution is -2.28. The van der Waals surface area contributed by atoms with Gasteiger partial charge >= 0.3 is 0 Å². The molecule has 1 fully saturated rings. The Bertz CT molecular complexity index is 356. The molecule has 5 heteroatoms. The average molecular weight is 249 g/mol. The summed E-state index contributed by atoms with van der Waals surface area (Å²) in [6.45, 7) is 8.26. The van der Waals surface area contributed by atoms with Crippen LogP contribution in [0.25, 0.3) is 0 Å². The smallest absolute Gasteiger partial charge is 0.247 e. The van der Waals surface area contributed by atoms with E-state index in [0.717, 1.165) is 37.9 Å². The molecule has 5 nitrogen and oxygen atoms in total. The van der Waals surface area contributed by atoms with Gasteiger partial charge in [-0.05, 0) is 26.7 Å². The third kappa shape index (κ3) is 3.09. The number of rotatable bonds is 4. The Morgan fingerprint density at radius 2 is 1.78 bits per heavy atom. The first-order valence-electron chi connectivity index (χ1n) is 7.04. The zero-order valence-electron chi connectivity index (χ0n) is 11.5. The number of anilines is 2. The van der Waals surface area contributed by atoms with Crippen molar-refractivity contribution >= 4 is 11.8 Å². The van der Waals surface area contributed by atoms with Gasteiger partial charge in [-0.1, -0.05) is 12.8 Å². The molecule has 1 aromatic rings. The van der Waals surface area contributed by atoms with Crippen LogP contribution in [0.15, 0.2) is 6.20 Å². The Kier molecular flexibility index (Phi) is 4.73. The first-order valence-corrected chi connectivity index (χ1v) is 7.04. The molecule has 0 aliphatic carbocycles. The monoisotopic (exact) mass is 249 g/mol. The van der Waals surface area contributed by atoms with Crippen LogP contribution in [0.1, 0.15) is 39.5 Å². The third-order valence-corrected chi connectivity index (χ3v) is 3.51. The lowest BCUT2D eigenvalue weighted by Gasteiger charge is -2.23. The summed E-state index contributed by atoms with van der Waals surface area (Å²) < 4.78 is 0. The number of aromatic nitrogens is 3. The van der Waals surface area contributed by atoms with Gasteiger partial charge in [0.1, 0.15) is 0 Å². The van der Waals surface area contributed by atoms with Crippen LogP contribution < -0.4 is 9.80 Å². The van der Waals surface area contributed by atoms with Gasteiger partial charge in [0.2, 0.25) is 5.95 Å². The molecule has 1 aliphatic rings. The summed E-state index contributed by atoms with van der Waals surface area (Å²) in [6, 6.07) is 0. The Labute approximate surface area is 109 Å². The number of nitrogens with zero attached hydrogens (tertiary/aromatic N) is 5. The van der Waals surface area contributed by atoms with Gasteiger partial charge in [0.25, 0.3) is 0 Å². The van der Waals surface area contributed by atoms with E-state index in [1.54, 1.807) is 6.20 Å². The molecule has 0 radical (unpaired) electrons. The summed E-state index contributed by atoms with van der Waals surface area (Å²) >= 11 is 0. The molecule has 2 rings (SSSR count). The van der Waals surface area contributed by atoms with E-state index in [2.05, 4.69) is 38.8 Å². The lowest BCUT2D eigenvalue weighted by atomic mass is 10.2. The van der Waals surface area contributed by atoms with Crippen LogP contribution >= 0.6 is 0 Å². The maximum atomic E-state index is 4.66. The highest BCUT2D eigenvalue weighted by atomic mass is 15.3. The van der Waals surface area contributed by atoms with Gasteiger partial charge < -0.3 is 9.80 Å². The van der Waals surface area contributed by atoms with Crippen LogP contribution in [-0.4, -0.2) is 41.4 Å². The molecule has 2 heterocycles. The Morgan fingerprint density at radius 3 is 2.39 bits per heavy atom. The summed E-state index contributed by atoms with van der Waals surface area (Å²) in [5.41, 5.74) is 0. The molecular weight excluding hydrogens is 226 g/mol. The van der Waals surface area contributed by atoms with E-state index >= 15 is 0 Å². The number of hydrogen-bond donors (Lipinski definition) is 0. The van der Waals surface area contributed by atoms with Crippen LogP contribution in [-0.2, 0) is 0 Å². The standard InChI is InChI=1S/C13H23N5/c1-3-17(4-2)13-15-12(11-14-16-13)18-9-7-5-6-8-10-18/h11H,3-10H2,1-2H3. The predicted octanol–water partition coefficient (Wildman–Crippen LogP) is 2.10. The van der Waals surface area contributed by atoms with Gasteiger partial charge in [0.05, 0.1) is 6.20 Å². The molecule has 0 saturated carbocycles. The normalized spacial score (nSPS) is 16.4. The summed E-state index contributed by atoms with van der Waals surface area (Å²) in [5.74, 6) is 1.73.